The minimum Gasteiger partial charge on any atom is -0.450 e. The van der Waals surface area contributed by atoms with Crippen LogP contribution in [0.2, 0.25) is 0 Å². The van der Waals surface area contributed by atoms with E-state index in [0.29, 0.717) is 51.7 Å². The summed E-state index contributed by atoms with van der Waals surface area (Å²) in [5.41, 5.74) is 4.37. The third kappa shape index (κ3) is 6.19. The summed E-state index contributed by atoms with van der Waals surface area (Å²) >= 11 is 0. The summed E-state index contributed by atoms with van der Waals surface area (Å²) in [6, 6.07) is 11.2. The predicted octanol–water partition coefficient (Wildman–Crippen LogP) is 2.41. The van der Waals surface area contributed by atoms with Crippen molar-refractivity contribution in [1.29, 1.82) is 0 Å². The fourth-order valence-corrected chi connectivity index (χ4v) is 5.26. The van der Waals surface area contributed by atoms with Gasteiger partial charge in [-0.15, -0.1) is 5.10 Å². The molecule has 1 saturated heterocycles. The monoisotopic (exact) mass is 562 g/mol. The number of rotatable bonds is 7. The van der Waals surface area contributed by atoms with Gasteiger partial charge in [0.25, 0.3) is 0 Å². The van der Waals surface area contributed by atoms with Crippen molar-refractivity contribution in [2.75, 3.05) is 65.8 Å². The van der Waals surface area contributed by atoms with Gasteiger partial charge >= 0.3 is 6.09 Å². The molecular weight excluding hydrogens is 524 g/mol. The number of fused-ring (bicyclic) bond motifs is 1. The third-order valence-electron chi connectivity index (χ3n) is 7.66. The fourth-order valence-electron chi connectivity index (χ4n) is 5.26. The first kappa shape index (κ1) is 28.5. The van der Waals surface area contributed by atoms with Gasteiger partial charge < -0.3 is 25.0 Å². The van der Waals surface area contributed by atoms with Crippen LogP contribution in [0, 0.1) is 0 Å². The van der Waals surface area contributed by atoms with E-state index >= 15 is 0 Å². The number of hydrogen-bond acceptors (Lipinski definition) is 9. The maximum absolute atomic E-state index is 12.6. The Morgan fingerprint density at radius 1 is 1.17 bits per heavy atom. The first-order valence-electron chi connectivity index (χ1n) is 13.9. The lowest BCUT2D eigenvalue weighted by Gasteiger charge is -2.41. The Morgan fingerprint density at radius 3 is 2.63 bits per heavy atom. The highest BCUT2D eigenvalue weighted by Crippen LogP contribution is 2.28. The largest absolute Gasteiger partial charge is 0.450 e. The summed E-state index contributed by atoms with van der Waals surface area (Å²) in [7, 11) is 5.45. The predicted molar refractivity (Wildman–Crippen MR) is 156 cm³/mol. The van der Waals surface area contributed by atoms with Gasteiger partial charge in [-0.2, -0.15) is 4.98 Å². The van der Waals surface area contributed by atoms with Gasteiger partial charge in [0.2, 0.25) is 11.9 Å². The van der Waals surface area contributed by atoms with Gasteiger partial charge in [0.05, 0.1) is 6.61 Å². The van der Waals surface area contributed by atoms with Gasteiger partial charge in [0, 0.05) is 64.3 Å². The molecule has 3 aromatic rings. The SMILES string of the molecule is CCOC(=O)N1CC=C(c2cccn3nc(Nc4ccc(C(O)N5CCN(C)C(C(=O)N(C)C)C5)cc4)nc23)CC1. The molecule has 2 atom stereocenters. The van der Waals surface area contributed by atoms with Crippen molar-refractivity contribution in [1.82, 2.24) is 34.2 Å². The van der Waals surface area contributed by atoms with Crippen LogP contribution in [0.4, 0.5) is 16.4 Å². The Labute approximate surface area is 239 Å². The van der Waals surface area contributed by atoms with E-state index in [4.69, 9.17) is 9.72 Å². The highest BCUT2D eigenvalue weighted by molar-refractivity contribution is 5.82. The van der Waals surface area contributed by atoms with Crippen LogP contribution in [-0.2, 0) is 9.53 Å². The molecule has 1 fully saturated rings. The third-order valence-corrected chi connectivity index (χ3v) is 7.66. The number of pyridine rings is 1. The quantitative estimate of drug-likeness (QED) is 0.448. The van der Waals surface area contributed by atoms with Crippen LogP contribution < -0.4 is 5.32 Å². The highest BCUT2D eigenvalue weighted by atomic mass is 16.6. The zero-order valence-electron chi connectivity index (χ0n) is 24.0. The first-order valence-corrected chi connectivity index (χ1v) is 13.9. The molecule has 12 nitrogen and oxygen atoms in total. The van der Waals surface area contributed by atoms with E-state index in [-0.39, 0.29) is 18.0 Å². The van der Waals surface area contributed by atoms with E-state index in [9.17, 15) is 14.7 Å². The molecule has 0 bridgehead atoms. The topological polar surface area (TPSA) is 119 Å². The maximum Gasteiger partial charge on any atom is 0.410 e. The lowest BCUT2D eigenvalue weighted by atomic mass is 10.0. The van der Waals surface area contributed by atoms with E-state index in [2.05, 4.69) is 10.4 Å². The summed E-state index contributed by atoms with van der Waals surface area (Å²) in [5.74, 6) is 0.491. The smallest absolute Gasteiger partial charge is 0.410 e. The average molecular weight is 563 g/mol. The molecule has 218 valence electrons. The van der Waals surface area contributed by atoms with E-state index in [1.165, 1.54) is 0 Å². The molecule has 4 heterocycles. The summed E-state index contributed by atoms with van der Waals surface area (Å²) < 4.78 is 6.86. The summed E-state index contributed by atoms with van der Waals surface area (Å²) in [4.78, 5) is 36.6. The molecule has 0 aliphatic carbocycles. The number of aliphatic hydroxyl groups is 1. The second kappa shape index (κ2) is 12.2. The standard InChI is InChI=1S/C29H38N8O4/c1-5-41-29(40)35-15-12-20(13-16-35)23-7-6-14-37-25(23)31-28(32-37)30-22-10-8-21(9-11-22)26(38)36-18-17-34(4)24(19-36)27(39)33(2)3/h6-12,14,24,26,38H,5,13,15-19H2,1-4H3,(H,30,32). The van der Waals surface area contributed by atoms with Gasteiger partial charge in [0.1, 0.15) is 12.3 Å². The second-order valence-electron chi connectivity index (χ2n) is 10.6. The van der Waals surface area contributed by atoms with E-state index in [1.807, 2.05) is 65.5 Å². The number of carbonyl (C=O) groups excluding carboxylic acids is 2. The first-order chi connectivity index (χ1) is 19.7. The number of nitrogens with one attached hydrogen (secondary N) is 1. The van der Waals surface area contributed by atoms with Crippen molar-refractivity contribution < 1.29 is 19.4 Å². The molecule has 1 aromatic carbocycles. The number of ether oxygens (including phenoxy) is 1. The molecule has 41 heavy (non-hydrogen) atoms. The average Bonchev–Trinajstić information content (AvgIpc) is 3.40. The van der Waals surface area contributed by atoms with Crippen LogP contribution in [0.15, 0.2) is 48.7 Å². The van der Waals surface area contributed by atoms with Crippen molar-refractivity contribution in [3.63, 3.8) is 0 Å². The second-order valence-corrected chi connectivity index (χ2v) is 10.6. The minimum absolute atomic E-state index is 0.0329. The van der Waals surface area contributed by atoms with Crippen molar-refractivity contribution in [3.05, 3.63) is 59.8 Å². The number of benzene rings is 1. The number of nitrogens with zero attached hydrogens (tertiary/aromatic N) is 7. The summed E-state index contributed by atoms with van der Waals surface area (Å²) in [5, 5.41) is 18.9. The number of piperazine rings is 1. The van der Waals surface area contributed by atoms with Crippen molar-refractivity contribution in [3.8, 4) is 0 Å². The van der Waals surface area contributed by atoms with Crippen LogP contribution in [0.25, 0.3) is 11.2 Å². The molecule has 12 heteroatoms. The van der Waals surface area contributed by atoms with Crippen molar-refractivity contribution in [2.45, 2.75) is 25.6 Å². The van der Waals surface area contributed by atoms with Crippen molar-refractivity contribution >= 4 is 34.9 Å². The normalized spacial score (nSPS) is 19.1. The number of hydrogen-bond donors (Lipinski definition) is 2. The Bertz CT molecular complexity index is 1420. The van der Waals surface area contributed by atoms with Gasteiger partial charge in [-0.25, -0.2) is 9.31 Å². The zero-order valence-corrected chi connectivity index (χ0v) is 24.0. The Hall–Kier alpha value is -4.00. The minimum atomic E-state index is -0.811. The van der Waals surface area contributed by atoms with Gasteiger partial charge in [0.15, 0.2) is 5.65 Å². The molecular formula is C29H38N8O4. The molecule has 0 spiro atoms. The molecule has 2 unspecified atom stereocenters. The van der Waals surface area contributed by atoms with Crippen molar-refractivity contribution in [2.24, 2.45) is 0 Å². The van der Waals surface area contributed by atoms with Gasteiger partial charge in [-0.05, 0) is 55.8 Å². The number of carbonyl (C=O) groups is 2. The molecule has 2 aliphatic heterocycles. The van der Waals surface area contributed by atoms with Crippen LogP contribution in [0.3, 0.4) is 0 Å². The molecule has 2 amide bonds. The van der Waals surface area contributed by atoms with E-state index in [1.54, 1.807) is 35.3 Å². The molecule has 0 saturated carbocycles. The Balaban J connectivity index is 1.26. The number of amides is 2. The van der Waals surface area contributed by atoms with Crippen LogP contribution in [-0.4, -0.2) is 118 Å². The molecule has 5 rings (SSSR count). The number of likely N-dealkylation sites (N-methyl/N-ethyl adjacent to an activating group) is 2. The Kier molecular flexibility index (Phi) is 8.52. The lowest BCUT2D eigenvalue weighted by molar-refractivity contribution is -0.138. The zero-order chi connectivity index (χ0) is 29.1. The number of aromatic nitrogens is 3. The fraction of sp³-hybridized carbons (Fsp3) is 0.448. The summed E-state index contributed by atoms with van der Waals surface area (Å²) in [6.07, 6.45) is 3.50. The van der Waals surface area contributed by atoms with Crippen LogP contribution in [0.5, 0.6) is 0 Å². The van der Waals surface area contributed by atoms with E-state index in [0.717, 1.165) is 28.0 Å². The highest BCUT2D eigenvalue weighted by Gasteiger charge is 2.34. The molecule has 2 N–H and O–H groups in total. The number of anilines is 2. The summed E-state index contributed by atoms with van der Waals surface area (Å²) in [6.45, 7) is 5.07. The maximum atomic E-state index is 12.6. The van der Waals surface area contributed by atoms with Gasteiger partial charge in [-0.3, -0.25) is 14.6 Å². The van der Waals surface area contributed by atoms with Crippen LogP contribution in [0.1, 0.15) is 30.7 Å². The van der Waals surface area contributed by atoms with E-state index < -0.39 is 6.23 Å². The number of aliphatic hydroxyl groups excluding tert-OH is 1. The Morgan fingerprint density at radius 2 is 1.95 bits per heavy atom. The lowest BCUT2D eigenvalue weighted by Crippen LogP contribution is -2.57. The van der Waals surface area contributed by atoms with Gasteiger partial charge in [-0.1, -0.05) is 18.2 Å². The van der Waals surface area contributed by atoms with Crippen LogP contribution >= 0.6 is 0 Å². The molecule has 2 aromatic heterocycles. The molecule has 0 radical (unpaired) electrons. The molecule has 2 aliphatic rings.